The van der Waals surface area contributed by atoms with Crippen LogP contribution in [-0.2, 0) is 0 Å². The van der Waals surface area contributed by atoms with Crippen molar-refractivity contribution >= 4 is 22.4 Å². The molecule has 4 aromatic rings. The molecule has 0 bridgehead atoms. The summed E-state index contributed by atoms with van der Waals surface area (Å²) in [6.45, 7) is 0.872. The minimum atomic E-state index is 0.760. The summed E-state index contributed by atoms with van der Waals surface area (Å²) in [5.41, 5.74) is 4.58. The first-order valence-corrected chi connectivity index (χ1v) is 9.61. The van der Waals surface area contributed by atoms with Crippen molar-refractivity contribution < 1.29 is 0 Å². The molecule has 0 spiro atoms. The highest BCUT2D eigenvalue weighted by atomic mass is 15.2. The van der Waals surface area contributed by atoms with Gasteiger partial charge in [-0.1, -0.05) is 66.7 Å². The van der Waals surface area contributed by atoms with E-state index in [4.69, 9.17) is 0 Å². The Morgan fingerprint density at radius 1 is 0.893 bits per heavy atom. The second-order valence-corrected chi connectivity index (χ2v) is 6.63. The summed E-state index contributed by atoms with van der Waals surface area (Å²) in [5.74, 6) is 0.837. The largest absolute Gasteiger partial charge is 0.369 e. The number of aromatic nitrogens is 4. The van der Waals surface area contributed by atoms with E-state index in [1.165, 1.54) is 16.7 Å². The highest BCUT2D eigenvalue weighted by molar-refractivity contribution is 5.85. The van der Waals surface area contributed by atoms with Crippen molar-refractivity contribution in [3.63, 3.8) is 0 Å². The number of nitrogens with zero attached hydrogens (tertiary/aromatic N) is 3. The zero-order valence-electron chi connectivity index (χ0n) is 15.7. The van der Waals surface area contributed by atoms with Crippen LogP contribution in [0.4, 0.5) is 5.82 Å². The summed E-state index contributed by atoms with van der Waals surface area (Å²) in [4.78, 5) is 8.47. The average molecular weight is 369 g/mol. The number of nitrogens with one attached hydrogen (secondary N) is 2. The van der Waals surface area contributed by atoms with Crippen LogP contribution in [0.2, 0.25) is 0 Å². The lowest BCUT2D eigenvalue weighted by Crippen LogP contribution is -2.03. The Bertz CT molecular complexity index is 997. The maximum atomic E-state index is 4.31. The minimum Gasteiger partial charge on any atom is -0.369 e. The number of unbranched alkanes of at least 4 members (excludes halogenated alkanes) is 2. The summed E-state index contributed by atoms with van der Waals surface area (Å²) >= 11 is 0. The van der Waals surface area contributed by atoms with Gasteiger partial charge in [-0.05, 0) is 36.0 Å². The molecular formula is C23H23N5. The van der Waals surface area contributed by atoms with E-state index in [0.717, 1.165) is 42.7 Å². The molecule has 0 unspecified atom stereocenters. The normalized spacial score (nSPS) is 10.7. The van der Waals surface area contributed by atoms with Crippen molar-refractivity contribution in [3.05, 3.63) is 90.4 Å². The molecule has 2 heterocycles. The van der Waals surface area contributed by atoms with Crippen LogP contribution in [0, 0.1) is 0 Å². The molecule has 4 rings (SSSR count). The van der Waals surface area contributed by atoms with Gasteiger partial charge in [0.05, 0.1) is 11.6 Å². The van der Waals surface area contributed by atoms with E-state index in [2.05, 4.69) is 92.2 Å². The molecule has 0 aliphatic rings. The number of benzene rings is 2. The summed E-state index contributed by atoms with van der Waals surface area (Å²) in [5, 5.41) is 11.2. The molecule has 0 atom stereocenters. The molecule has 140 valence electrons. The maximum absolute atomic E-state index is 4.31. The molecule has 5 heteroatoms. The predicted molar refractivity (Wildman–Crippen MR) is 114 cm³/mol. The van der Waals surface area contributed by atoms with Gasteiger partial charge in [0, 0.05) is 6.54 Å². The zero-order valence-corrected chi connectivity index (χ0v) is 15.7. The van der Waals surface area contributed by atoms with E-state index < -0.39 is 0 Å². The van der Waals surface area contributed by atoms with Crippen LogP contribution in [0.1, 0.15) is 30.4 Å². The van der Waals surface area contributed by atoms with Crippen molar-refractivity contribution in [2.75, 3.05) is 11.9 Å². The summed E-state index contributed by atoms with van der Waals surface area (Å²) in [6.07, 6.45) is 8.87. The standard InChI is InChI=1S/C23H23N5/c1-4-10-18(11-5-1)20(19-12-6-2-7-13-19)14-8-3-9-15-24-22-21-16-27-28-23(21)26-17-25-22/h1-2,4-7,10-14,16-17H,3,8-9,15H2,(H2,24,25,26,27,28). The summed E-state index contributed by atoms with van der Waals surface area (Å²) in [6, 6.07) is 21.2. The number of aromatic amines is 1. The lowest BCUT2D eigenvalue weighted by atomic mass is 9.96. The molecule has 0 saturated carbocycles. The van der Waals surface area contributed by atoms with Crippen LogP contribution >= 0.6 is 0 Å². The van der Waals surface area contributed by atoms with E-state index in [9.17, 15) is 0 Å². The van der Waals surface area contributed by atoms with Crippen molar-refractivity contribution in [1.82, 2.24) is 20.2 Å². The number of fused-ring (bicyclic) bond motifs is 1. The quantitative estimate of drug-likeness (QED) is 0.426. The molecule has 0 aliphatic heterocycles. The number of hydrogen-bond donors (Lipinski definition) is 2. The number of hydrogen-bond acceptors (Lipinski definition) is 4. The minimum absolute atomic E-state index is 0.760. The van der Waals surface area contributed by atoms with Crippen molar-refractivity contribution in [2.45, 2.75) is 19.3 Å². The number of H-pyrrole nitrogens is 1. The Morgan fingerprint density at radius 2 is 1.61 bits per heavy atom. The number of rotatable bonds is 8. The molecule has 0 saturated heterocycles. The van der Waals surface area contributed by atoms with Crippen LogP contribution in [0.5, 0.6) is 0 Å². The van der Waals surface area contributed by atoms with Crippen LogP contribution in [0.15, 0.2) is 79.3 Å². The fraction of sp³-hybridized carbons (Fsp3) is 0.174. The van der Waals surface area contributed by atoms with Gasteiger partial charge in [-0.2, -0.15) is 5.10 Å². The van der Waals surface area contributed by atoms with Crippen LogP contribution in [-0.4, -0.2) is 26.7 Å². The van der Waals surface area contributed by atoms with Gasteiger partial charge >= 0.3 is 0 Å². The third-order valence-electron chi connectivity index (χ3n) is 4.69. The Hall–Kier alpha value is -3.47. The SMILES string of the molecule is C(CCCCNc1ncnc2[nH]ncc12)=C(c1ccccc1)c1ccccc1. The first-order valence-electron chi connectivity index (χ1n) is 9.61. The zero-order chi connectivity index (χ0) is 19.0. The molecule has 0 amide bonds. The maximum Gasteiger partial charge on any atom is 0.160 e. The van der Waals surface area contributed by atoms with Crippen LogP contribution in [0.25, 0.3) is 16.6 Å². The van der Waals surface area contributed by atoms with Crippen molar-refractivity contribution in [3.8, 4) is 0 Å². The van der Waals surface area contributed by atoms with E-state index in [1.807, 2.05) is 0 Å². The van der Waals surface area contributed by atoms with E-state index in [-0.39, 0.29) is 0 Å². The molecule has 5 nitrogen and oxygen atoms in total. The highest BCUT2D eigenvalue weighted by Crippen LogP contribution is 2.24. The molecule has 0 fully saturated rings. The second-order valence-electron chi connectivity index (χ2n) is 6.63. The lowest BCUT2D eigenvalue weighted by molar-refractivity contribution is 0.778. The predicted octanol–water partition coefficient (Wildman–Crippen LogP) is 5.07. The van der Waals surface area contributed by atoms with Crippen LogP contribution in [0.3, 0.4) is 0 Å². The molecule has 28 heavy (non-hydrogen) atoms. The van der Waals surface area contributed by atoms with Gasteiger partial charge in [0.2, 0.25) is 0 Å². The number of anilines is 1. The van der Waals surface area contributed by atoms with Crippen LogP contribution < -0.4 is 5.32 Å². The van der Waals surface area contributed by atoms with Gasteiger partial charge in [0.1, 0.15) is 12.1 Å². The fourth-order valence-electron chi connectivity index (χ4n) is 3.27. The molecule has 2 N–H and O–H groups in total. The molecule has 0 aliphatic carbocycles. The topological polar surface area (TPSA) is 66.5 Å². The Kier molecular flexibility index (Phi) is 5.73. The van der Waals surface area contributed by atoms with Gasteiger partial charge < -0.3 is 5.32 Å². The van der Waals surface area contributed by atoms with Gasteiger partial charge in [-0.3, -0.25) is 5.10 Å². The Labute approximate surface area is 164 Å². The first-order chi connectivity index (χ1) is 13.9. The molecule has 2 aromatic heterocycles. The third-order valence-corrected chi connectivity index (χ3v) is 4.69. The van der Waals surface area contributed by atoms with E-state index >= 15 is 0 Å². The first kappa shape index (κ1) is 17.9. The summed E-state index contributed by atoms with van der Waals surface area (Å²) in [7, 11) is 0. The van der Waals surface area contributed by atoms with E-state index in [1.54, 1.807) is 12.5 Å². The Morgan fingerprint density at radius 3 is 2.32 bits per heavy atom. The van der Waals surface area contributed by atoms with Gasteiger partial charge in [0.25, 0.3) is 0 Å². The van der Waals surface area contributed by atoms with Gasteiger partial charge in [0.15, 0.2) is 5.65 Å². The fourth-order valence-corrected chi connectivity index (χ4v) is 3.27. The highest BCUT2D eigenvalue weighted by Gasteiger charge is 2.05. The Balaban J connectivity index is 1.35. The molecule has 0 radical (unpaired) electrons. The molecule has 2 aromatic carbocycles. The van der Waals surface area contributed by atoms with Gasteiger partial charge in [-0.25, -0.2) is 9.97 Å². The summed E-state index contributed by atoms with van der Waals surface area (Å²) < 4.78 is 0. The van der Waals surface area contributed by atoms with Gasteiger partial charge in [-0.15, -0.1) is 0 Å². The van der Waals surface area contributed by atoms with E-state index in [0.29, 0.717) is 0 Å². The molecular weight excluding hydrogens is 346 g/mol. The smallest absolute Gasteiger partial charge is 0.160 e. The third kappa shape index (κ3) is 4.26. The lowest BCUT2D eigenvalue weighted by Gasteiger charge is -2.09. The van der Waals surface area contributed by atoms with Crippen molar-refractivity contribution in [2.24, 2.45) is 0 Å². The number of allylic oxidation sites excluding steroid dienone is 1. The average Bonchev–Trinajstić information content (AvgIpc) is 3.24. The van der Waals surface area contributed by atoms with Crippen molar-refractivity contribution in [1.29, 1.82) is 0 Å². The second kappa shape index (κ2) is 8.95. The monoisotopic (exact) mass is 369 g/mol.